The molecule has 1 aromatic carbocycles. The summed E-state index contributed by atoms with van der Waals surface area (Å²) in [5.41, 5.74) is 4.63. The third-order valence-corrected chi connectivity index (χ3v) is 4.23. The van der Waals surface area contributed by atoms with Crippen molar-refractivity contribution in [3.63, 3.8) is 0 Å². The molecule has 0 amide bonds. The summed E-state index contributed by atoms with van der Waals surface area (Å²) in [6.07, 6.45) is 1.21. The number of likely N-dealkylation sites (N-methyl/N-ethyl adjacent to an activating group) is 1. The first kappa shape index (κ1) is 12.0. The van der Waals surface area contributed by atoms with E-state index in [1.165, 1.54) is 18.7 Å². The standard InChI is InChI=1S/C15H23N3/c1-2-17-9-6-14-13(12-17)4-3-5-15(14)18-10-7-16-8-11-18/h3-5,16H,2,6-12H2,1H3. The van der Waals surface area contributed by atoms with Crippen LogP contribution in [-0.2, 0) is 13.0 Å². The topological polar surface area (TPSA) is 18.5 Å². The van der Waals surface area contributed by atoms with Crippen molar-refractivity contribution in [1.29, 1.82) is 0 Å². The molecule has 0 saturated carbocycles. The largest absolute Gasteiger partial charge is 0.369 e. The van der Waals surface area contributed by atoms with Gasteiger partial charge in [-0.2, -0.15) is 0 Å². The normalized spacial score (nSPS) is 20.8. The summed E-state index contributed by atoms with van der Waals surface area (Å²) in [6, 6.07) is 6.85. The lowest BCUT2D eigenvalue weighted by molar-refractivity contribution is 0.268. The Balaban J connectivity index is 1.87. The van der Waals surface area contributed by atoms with E-state index in [9.17, 15) is 0 Å². The van der Waals surface area contributed by atoms with Gasteiger partial charge in [-0.15, -0.1) is 0 Å². The highest BCUT2D eigenvalue weighted by molar-refractivity contribution is 5.58. The van der Waals surface area contributed by atoms with E-state index in [2.05, 4.69) is 40.2 Å². The van der Waals surface area contributed by atoms with Crippen LogP contribution in [0, 0.1) is 0 Å². The highest BCUT2D eigenvalue weighted by Crippen LogP contribution is 2.29. The Morgan fingerprint density at radius 2 is 2.00 bits per heavy atom. The molecule has 18 heavy (non-hydrogen) atoms. The number of fused-ring (bicyclic) bond motifs is 1. The molecule has 1 fully saturated rings. The summed E-state index contributed by atoms with van der Waals surface area (Å²) in [6.45, 7) is 10.3. The molecule has 1 N–H and O–H groups in total. The SMILES string of the molecule is CCN1CCc2c(cccc2N2CCNCC2)C1. The lowest BCUT2D eigenvalue weighted by Crippen LogP contribution is -2.44. The van der Waals surface area contributed by atoms with Gasteiger partial charge in [0.25, 0.3) is 0 Å². The third-order valence-electron chi connectivity index (χ3n) is 4.23. The maximum absolute atomic E-state index is 3.43. The number of nitrogens with zero attached hydrogens (tertiary/aromatic N) is 2. The first-order chi connectivity index (χ1) is 8.88. The number of benzene rings is 1. The molecule has 3 nitrogen and oxygen atoms in total. The fourth-order valence-electron chi connectivity index (χ4n) is 3.12. The van der Waals surface area contributed by atoms with Gasteiger partial charge >= 0.3 is 0 Å². The molecular formula is C15H23N3. The second kappa shape index (κ2) is 5.29. The molecule has 0 spiro atoms. The van der Waals surface area contributed by atoms with Crippen LogP contribution in [0.2, 0.25) is 0 Å². The van der Waals surface area contributed by atoms with Gasteiger partial charge in [0.15, 0.2) is 0 Å². The Bertz CT molecular complexity index is 410. The van der Waals surface area contributed by atoms with Gasteiger partial charge < -0.3 is 10.2 Å². The van der Waals surface area contributed by atoms with Gasteiger partial charge in [-0.25, -0.2) is 0 Å². The van der Waals surface area contributed by atoms with Crippen molar-refractivity contribution in [2.45, 2.75) is 19.9 Å². The number of nitrogens with one attached hydrogen (secondary N) is 1. The summed E-state index contributed by atoms with van der Waals surface area (Å²) in [7, 11) is 0. The van der Waals surface area contributed by atoms with Gasteiger partial charge in [0.1, 0.15) is 0 Å². The van der Waals surface area contributed by atoms with Crippen molar-refractivity contribution in [2.24, 2.45) is 0 Å². The highest BCUT2D eigenvalue weighted by atomic mass is 15.2. The molecule has 0 aliphatic carbocycles. The smallest absolute Gasteiger partial charge is 0.0403 e. The van der Waals surface area contributed by atoms with Crippen molar-refractivity contribution < 1.29 is 0 Å². The van der Waals surface area contributed by atoms with E-state index in [1.807, 2.05) is 0 Å². The Kier molecular flexibility index (Phi) is 3.52. The van der Waals surface area contributed by atoms with Crippen LogP contribution in [0.1, 0.15) is 18.1 Å². The summed E-state index contributed by atoms with van der Waals surface area (Å²) in [5, 5.41) is 3.43. The Morgan fingerprint density at radius 3 is 2.78 bits per heavy atom. The van der Waals surface area contributed by atoms with Crippen LogP contribution in [0.4, 0.5) is 5.69 Å². The van der Waals surface area contributed by atoms with Crippen molar-refractivity contribution in [1.82, 2.24) is 10.2 Å². The van der Waals surface area contributed by atoms with E-state index < -0.39 is 0 Å². The summed E-state index contributed by atoms with van der Waals surface area (Å²) in [5.74, 6) is 0. The Morgan fingerprint density at radius 1 is 1.17 bits per heavy atom. The number of anilines is 1. The summed E-state index contributed by atoms with van der Waals surface area (Å²) < 4.78 is 0. The molecule has 0 radical (unpaired) electrons. The fourth-order valence-corrected chi connectivity index (χ4v) is 3.12. The van der Waals surface area contributed by atoms with Crippen LogP contribution >= 0.6 is 0 Å². The molecule has 0 aromatic heterocycles. The number of piperazine rings is 1. The minimum Gasteiger partial charge on any atom is -0.369 e. The van der Waals surface area contributed by atoms with E-state index in [0.29, 0.717) is 0 Å². The average Bonchev–Trinajstić information content (AvgIpc) is 2.47. The second-order valence-corrected chi connectivity index (χ2v) is 5.27. The summed E-state index contributed by atoms with van der Waals surface area (Å²) >= 11 is 0. The maximum Gasteiger partial charge on any atom is 0.0403 e. The van der Waals surface area contributed by atoms with Crippen LogP contribution in [0.25, 0.3) is 0 Å². The minimum absolute atomic E-state index is 1.12. The maximum atomic E-state index is 3.43. The van der Waals surface area contributed by atoms with Crippen molar-refractivity contribution in [3.05, 3.63) is 29.3 Å². The van der Waals surface area contributed by atoms with Gasteiger partial charge in [-0.05, 0) is 30.2 Å². The summed E-state index contributed by atoms with van der Waals surface area (Å²) in [4.78, 5) is 5.08. The third kappa shape index (κ3) is 2.25. The molecule has 0 atom stereocenters. The Labute approximate surface area is 110 Å². The molecular weight excluding hydrogens is 222 g/mol. The van der Waals surface area contributed by atoms with Gasteiger partial charge in [0.05, 0.1) is 0 Å². The molecule has 2 aliphatic heterocycles. The molecule has 0 unspecified atom stereocenters. The van der Waals surface area contributed by atoms with Crippen LogP contribution < -0.4 is 10.2 Å². The Hall–Kier alpha value is -1.06. The predicted octanol–water partition coefficient (Wildman–Crippen LogP) is 1.47. The van der Waals surface area contributed by atoms with E-state index in [-0.39, 0.29) is 0 Å². The molecule has 2 aliphatic rings. The predicted molar refractivity (Wildman–Crippen MR) is 76.2 cm³/mol. The zero-order valence-electron chi connectivity index (χ0n) is 11.3. The highest BCUT2D eigenvalue weighted by Gasteiger charge is 2.20. The first-order valence-corrected chi connectivity index (χ1v) is 7.17. The van der Waals surface area contributed by atoms with Crippen molar-refractivity contribution >= 4 is 5.69 Å². The fraction of sp³-hybridized carbons (Fsp3) is 0.600. The lowest BCUT2D eigenvalue weighted by atomic mass is 9.97. The molecule has 1 aromatic rings. The van der Waals surface area contributed by atoms with Gasteiger partial charge in [0, 0.05) is 45.0 Å². The zero-order valence-corrected chi connectivity index (χ0v) is 11.3. The monoisotopic (exact) mass is 245 g/mol. The number of hydrogen-bond donors (Lipinski definition) is 1. The quantitative estimate of drug-likeness (QED) is 0.851. The molecule has 0 bridgehead atoms. The lowest BCUT2D eigenvalue weighted by Gasteiger charge is -2.35. The minimum atomic E-state index is 1.12. The average molecular weight is 245 g/mol. The van der Waals surface area contributed by atoms with E-state index in [0.717, 1.165) is 39.3 Å². The van der Waals surface area contributed by atoms with Crippen LogP contribution in [0.15, 0.2) is 18.2 Å². The molecule has 1 saturated heterocycles. The van der Waals surface area contributed by atoms with Crippen LogP contribution in [0.3, 0.4) is 0 Å². The second-order valence-electron chi connectivity index (χ2n) is 5.27. The van der Waals surface area contributed by atoms with Crippen molar-refractivity contribution in [2.75, 3.05) is 44.2 Å². The van der Waals surface area contributed by atoms with E-state index in [4.69, 9.17) is 0 Å². The van der Waals surface area contributed by atoms with Gasteiger partial charge in [-0.1, -0.05) is 19.1 Å². The molecule has 98 valence electrons. The van der Waals surface area contributed by atoms with E-state index >= 15 is 0 Å². The van der Waals surface area contributed by atoms with Gasteiger partial charge in [0.2, 0.25) is 0 Å². The molecule has 3 rings (SSSR count). The van der Waals surface area contributed by atoms with E-state index in [1.54, 1.807) is 11.1 Å². The number of hydrogen-bond acceptors (Lipinski definition) is 3. The van der Waals surface area contributed by atoms with Gasteiger partial charge in [-0.3, -0.25) is 4.90 Å². The molecule has 3 heteroatoms. The van der Waals surface area contributed by atoms with Crippen LogP contribution in [-0.4, -0.2) is 44.2 Å². The first-order valence-electron chi connectivity index (χ1n) is 7.17. The number of rotatable bonds is 2. The zero-order chi connectivity index (χ0) is 12.4. The van der Waals surface area contributed by atoms with Crippen LogP contribution in [0.5, 0.6) is 0 Å². The molecule has 2 heterocycles. The van der Waals surface area contributed by atoms with Crippen molar-refractivity contribution in [3.8, 4) is 0 Å².